The van der Waals surface area contributed by atoms with Crippen molar-refractivity contribution in [1.29, 1.82) is 0 Å². The number of β-amino-alcohol motifs (C(OH)–C–C–N with tert-alkyl or cyclic N) is 1. The number of hydrogen-bond acceptors (Lipinski definition) is 3. The Morgan fingerprint density at radius 1 is 1.43 bits per heavy atom. The molecule has 1 N–H and O–H groups in total. The third kappa shape index (κ3) is 1.31. The molecule has 1 aromatic heterocycles. The van der Waals surface area contributed by atoms with Crippen molar-refractivity contribution in [2.24, 2.45) is 0 Å². The highest BCUT2D eigenvalue weighted by Gasteiger charge is 2.34. The molecule has 2 aliphatic rings. The van der Waals surface area contributed by atoms with E-state index in [4.69, 9.17) is 0 Å². The Morgan fingerprint density at radius 2 is 2.29 bits per heavy atom. The van der Waals surface area contributed by atoms with Crippen LogP contribution in [0.1, 0.15) is 29.3 Å². The standard InChI is InChI=1S/C11H15NOS/c13-8-6-12(7-8)10-2-1-3-11-9(10)4-5-14-11/h4-5,8,10,13H,1-3,6-7H2. The van der Waals surface area contributed by atoms with Gasteiger partial charge in [-0.3, -0.25) is 4.90 Å². The highest BCUT2D eigenvalue weighted by molar-refractivity contribution is 7.10. The molecule has 1 aromatic rings. The molecule has 0 amide bonds. The lowest BCUT2D eigenvalue weighted by Gasteiger charge is -2.43. The number of aliphatic hydroxyl groups is 1. The summed E-state index contributed by atoms with van der Waals surface area (Å²) < 4.78 is 0. The van der Waals surface area contributed by atoms with Crippen LogP contribution in [0.3, 0.4) is 0 Å². The van der Waals surface area contributed by atoms with E-state index < -0.39 is 0 Å². The highest BCUT2D eigenvalue weighted by Crippen LogP contribution is 2.38. The zero-order valence-electron chi connectivity index (χ0n) is 8.15. The van der Waals surface area contributed by atoms with E-state index in [9.17, 15) is 5.11 Å². The Bertz CT molecular complexity index is 330. The molecule has 0 aromatic carbocycles. The van der Waals surface area contributed by atoms with Gasteiger partial charge >= 0.3 is 0 Å². The van der Waals surface area contributed by atoms with Crippen LogP contribution in [0.5, 0.6) is 0 Å². The number of nitrogens with zero attached hydrogens (tertiary/aromatic N) is 1. The molecule has 1 aliphatic heterocycles. The second-order valence-corrected chi connectivity index (χ2v) is 5.32. The fourth-order valence-corrected chi connectivity index (χ4v) is 3.57. The van der Waals surface area contributed by atoms with E-state index in [0.29, 0.717) is 6.04 Å². The average Bonchev–Trinajstić information content (AvgIpc) is 2.60. The van der Waals surface area contributed by atoms with Gasteiger partial charge in [0.05, 0.1) is 6.10 Å². The van der Waals surface area contributed by atoms with Crippen molar-refractivity contribution in [3.63, 3.8) is 0 Å². The summed E-state index contributed by atoms with van der Waals surface area (Å²) >= 11 is 1.89. The maximum atomic E-state index is 9.31. The minimum atomic E-state index is -0.0704. The average molecular weight is 209 g/mol. The van der Waals surface area contributed by atoms with Crippen molar-refractivity contribution in [1.82, 2.24) is 4.90 Å². The predicted molar refractivity (Wildman–Crippen MR) is 57.6 cm³/mol. The predicted octanol–water partition coefficient (Wildman–Crippen LogP) is 1.80. The lowest BCUT2D eigenvalue weighted by Crippen LogP contribution is -2.52. The lowest BCUT2D eigenvalue weighted by molar-refractivity contribution is -0.0293. The minimum Gasteiger partial charge on any atom is -0.390 e. The third-order valence-electron chi connectivity index (χ3n) is 3.35. The van der Waals surface area contributed by atoms with Crippen molar-refractivity contribution in [3.05, 3.63) is 21.9 Å². The number of likely N-dealkylation sites (tertiary alicyclic amines) is 1. The molecule has 1 unspecified atom stereocenters. The van der Waals surface area contributed by atoms with Crippen LogP contribution in [0.2, 0.25) is 0 Å². The largest absolute Gasteiger partial charge is 0.390 e. The summed E-state index contributed by atoms with van der Waals surface area (Å²) in [6.07, 6.45) is 3.78. The van der Waals surface area contributed by atoms with Gasteiger partial charge in [0.2, 0.25) is 0 Å². The molecule has 0 radical (unpaired) electrons. The summed E-state index contributed by atoms with van der Waals surface area (Å²) in [5.41, 5.74) is 1.54. The molecule has 76 valence electrons. The van der Waals surface area contributed by atoms with Crippen LogP contribution in [-0.2, 0) is 6.42 Å². The molecule has 1 saturated heterocycles. The van der Waals surface area contributed by atoms with Gasteiger partial charge in [0.25, 0.3) is 0 Å². The van der Waals surface area contributed by atoms with Gasteiger partial charge in [-0.15, -0.1) is 11.3 Å². The second-order valence-electron chi connectivity index (χ2n) is 4.31. The number of hydrogen-bond donors (Lipinski definition) is 1. The van der Waals surface area contributed by atoms with Gasteiger partial charge < -0.3 is 5.11 Å². The van der Waals surface area contributed by atoms with Gasteiger partial charge in [-0.2, -0.15) is 0 Å². The molecule has 0 saturated carbocycles. The SMILES string of the molecule is OC1CN(C2CCCc3sccc32)C1. The van der Waals surface area contributed by atoms with Crippen LogP contribution < -0.4 is 0 Å². The Morgan fingerprint density at radius 3 is 3.07 bits per heavy atom. The normalized spacial score (nSPS) is 28.5. The van der Waals surface area contributed by atoms with Crippen LogP contribution in [0, 0.1) is 0 Å². The van der Waals surface area contributed by atoms with Crippen LogP contribution in [0.15, 0.2) is 11.4 Å². The minimum absolute atomic E-state index is 0.0704. The van der Waals surface area contributed by atoms with Crippen LogP contribution in [-0.4, -0.2) is 29.2 Å². The first-order valence-corrected chi connectivity index (χ1v) is 6.21. The van der Waals surface area contributed by atoms with Gasteiger partial charge in [0, 0.05) is 24.0 Å². The van der Waals surface area contributed by atoms with E-state index in [0.717, 1.165) is 13.1 Å². The lowest BCUT2D eigenvalue weighted by atomic mass is 9.90. The third-order valence-corrected chi connectivity index (χ3v) is 4.35. The maximum absolute atomic E-state index is 9.31. The molecule has 3 rings (SSSR count). The topological polar surface area (TPSA) is 23.5 Å². The van der Waals surface area contributed by atoms with Crippen LogP contribution in [0.25, 0.3) is 0 Å². The summed E-state index contributed by atoms with van der Waals surface area (Å²) in [5.74, 6) is 0. The van der Waals surface area contributed by atoms with Crippen molar-refractivity contribution < 1.29 is 5.11 Å². The number of thiophene rings is 1. The Hall–Kier alpha value is -0.380. The van der Waals surface area contributed by atoms with Gasteiger partial charge in [0.15, 0.2) is 0 Å². The fraction of sp³-hybridized carbons (Fsp3) is 0.636. The number of rotatable bonds is 1. The quantitative estimate of drug-likeness (QED) is 0.762. The molecular formula is C11H15NOS. The van der Waals surface area contributed by atoms with E-state index in [-0.39, 0.29) is 6.10 Å². The van der Waals surface area contributed by atoms with E-state index in [1.807, 2.05) is 11.3 Å². The number of aryl methyl sites for hydroxylation is 1. The summed E-state index contributed by atoms with van der Waals surface area (Å²) in [7, 11) is 0. The molecular weight excluding hydrogens is 194 g/mol. The van der Waals surface area contributed by atoms with Crippen molar-refractivity contribution in [2.45, 2.75) is 31.4 Å². The van der Waals surface area contributed by atoms with Crippen LogP contribution in [0.4, 0.5) is 0 Å². The molecule has 14 heavy (non-hydrogen) atoms. The molecule has 0 bridgehead atoms. The van der Waals surface area contributed by atoms with Crippen molar-refractivity contribution in [3.8, 4) is 0 Å². The first-order chi connectivity index (χ1) is 6.84. The fourth-order valence-electron chi connectivity index (χ4n) is 2.58. The zero-order chi connectivity index (χ0) is 9.54. The molecule has 1 aliphatic carbocycles. The van der Waals surface area contributed by atoms with E-state index in [1.165, 1.54) is 24.8 Å². The Balaban J connectivity index is 1.82. The second kappa shape index (κ2) is 3.33. The van der Waals surface area contributed by atoms with E-state index in [2.05, 4.69) is 16.3 Å². The Labute approximate surface area is 88.2 Å². The van der Waals surface area contributed by atoms with Crippen LogP contribution >= 0.6 is 11.3 Å². The summed E-state index contributed by atoms with van der Waals surface area (Å²) in [6.45, 7) is 1.75. The number of aliphatic hydroxyl groups excluding tert-OH is 1. The highest BCUT2D eigenvalue weighted by atomic mass is 32.1. The monoisotopic (exact) mass is 209 g/mol. The van der Waals surface area contributed by atoms with E-state index in [1.54, 1.807) is 4.88 Å². The summed E-state index contributed by atoms with van der Waals surface area (Å²) in [6, 6.07) is 2.88. The zero-order valence-corrected chi connectivity index (χ0v) is 8.96. The molecule has 0 spiro atoms. The smallest absolute Gasteiger partial charge is 0.0794 e. The van der Waals surface area contributed by atoms with Gasteiger partial charge in [0.1, 0.15) is 0 Å². The molecule has 2 heterocycles. The Kier molecular flexibility index (Phi) is 2.11. The molecule has 2 nitrogen and oxygen atoms in total. The van der Waals surface area contributed by atoms with Crippen molar-refractivity contribution in [2.75, 3.05) is 13.1 Å². The molecule has 1 fully saturated rings. The summed E-state index contributed by atoms with van der Waals surface area (Å²) in [5, 5.41) is 11.5. The van der Waals surface area contributed by atoms with Gasteiger partial charge in [-0.05, 0) is 36.3 Å². The first-order valence-electron chi connectivity index (χ1n) is 5.33. The molecule has 3 heteroatoms. The summed E-state index contributed by atoms with van der Waals surface area (Å²) in [4.78, 5) is 3.98. The van der Waals surface area contributed by atoms with E-state index >= 15 is 0 Å². The van der Waals surface area contributed by atoms with Crippen molar-refractivity contribution >= 4 is 11.3 Å². The van der Waals surface area contributed by atoms with Gasteiger partial charge in [-0.1, -0.05) is 0 Å². The maximum Gasteiger partial charge on any atom is 0.0794 e. The van der Waals surface area contributed by atoms with Gasteiger partial charge in [-0.25, -0.2) is 0 Å². The molecule has 1 atom stereocenters. The first kappa shape index (κ1) is 8.89. The number of fused-ring (bicyclic) bond motifs is 1.